The number of aryl methyl sites for hydroxylation is 2. The van der Waals surface area contributed by atoms with E-state index in [9.17, 15) is 4.39 Å². The van der Waals surface area contributed by atoms with Crippen LogP contribution < -0.4 is 10.1 Å². The Labute approximate surface area is 138 Å². The Morgan fingerprint density at radius 1 is 1.13 bits per heavy atom. The minimum Gasteiger partial charge on any atom is -0.497 e. The van der Waals surface area contributed by atoms with Crippen molar-refractivity contribution in [3.8, 4) is 17.0 Å². The maximum absolute atomic E-state index is 14.1. The molecule has 118 valence electrons. The van der Waals surface area contributed by atoms with Gasteiger partial charge < -0.3 is 10.1 Å². The number of anilines is 2. The molecule has 0 radical (unpaired) electrons. The van der Waals surface area contributed by atoms with Gasteiger partial charge in [0.05, 0.1) is 12.8 Å². The van der Waals surface area contributed by atoms with Gasteiger partial charge in [-0.15, -0.1) is 11.3 Å². The van der Waals surface area contributed by atoms with Crippen LogP contribution in [0.3, 0.4) is 0 Å². The van der Waals surface area contributed by atoms with E-state index in [4.69, 9.17) is 4.74 Å². The fraction of sp³-hybridized carbons (Fsp3) is 0.167. The number of hydrogen-bond acceptors (Lipinski definition) is 4. The normalized spacial score (nSPS) is 10.6. The minimum atomic E-state index is -0.340. The van der Waals surface area contributed by atoms with E-state index >= 15 is 0 Å². The fourth-order valence-corrected chi connectivity index (χ4v) is 2.99. The first-order chi connectivity index (χ1) is 11.1. The van der Waals surface area contributed by atoms with Gasteiger partial charge in [0.25, 0.3) is 0 Å². The molecule has 0 saturated carbocycles. The molecule has 0 aliphatic heterocycles. The Balaban J connectivity index is 1.87. The highest BCUT2D eigenvalue weighted by atomic mass is 32.1. The van der Waals surface area contributed by atoms with Crippen molar-refractivity contribution in [2.75, 3.05) is 12.4 Å². The third-order valence-electron chi connectivity index (χ3n) is 3.59. The smallest absolute Gasteiger partial charge is 0.187 e. The first-order valence-corrected chi connectivity index (χ1v) is 8.08. The molecule has 2 aromatic carbocycles. The van der Waals surface area contributed by atoms with Crippen LogP contribution >= 0.6 is 11.3 Å². The zero-order valence-electron chi connectivity index (χ0n) is 13.2. The van der Waals surface area contributed by atoms with E-state index in [1.54, 1.807) is 12.1 Å². The molecule has 5 heteroatoms. The number of aromatic nitrogens is 1. The molecule has 0 unspecified atom stereocenters. The summed E-state index contributed by atoms with van der Waals surface area (Å²) in [4.78, 5) is 4.49. The molecular weight excluding hydrogens is 311 g/mol. The van der Waals surface area contributed by atoms with Crippen LogP contribution in [0.1, 0.15) is 11.1 Å². The van der Waals surface area contributed by atoms with Gasteiger partial charge in [-0.1, -0.05) is 12.1 Å². The Morgan fingerprint density at radius 2 is 1.96 bits per heavy atom. The second-order valence-electron chi connectivity index (χ2n) is 5.33. The highest BCUT2D eigenvalue weighted by Gasteiger charge is 2.11. The molecule has 0 aliphatic carbocycles. The first kappa shape index (κ1) is 15.5. The fourth-order valence-electron chi connectivity index (χ4n) is 2.27. The molecule has 3 aromatic rings. The Hall–Kier alpha value is -2.40. The van der Waals surface area contributed by atoms with Crippen molar-refractivity contribution in [3.63, 3.8) is 0 Å². The van der Waals surface area contributed by atoms with Crippen LogP contribution in [0.4, 0.5) is 15.2 Å². The number of benzene rings is 2. The molecule has 0 fully saturated rings. The van der Waals surface area contributed by atoms with Gasteiger partial charge in [-0.05, 0) is 43.2 Å². The summed E-state index contributed by atoms with van der Waals surface area (Å²) in [5.74, 6) is 0.156. The van der Waals surface area contributed by atoms with Gasteiger partial charge in [0, 0.05) is 22.7 Å². The lowest BCUT2D eigenvalue weighted by Gasteiger charge is -2.07. The highest BCUT2D eigenvalue weighted by molar-refractivity contribution is 7.14. The summed E-state index contributed by atoms with van der Waals surface area (Å²) in [5.41, 5.74) is 4.42. The second kappa shape index (κ2) is 6.38. The number of halogens is 1. The molecule has 0 amide bonds. The predicted octanol–water partition coefficient (Wildman–Crippen LogP) is 5.32. The van der Waals surface area contributed by atoms with Crippen molar-refractivity contribution in [3.05, 3.63) is 58.7 Å². The maximum Gasteiger partial charge on any atom is 0.187 e. The Kier molecular flexibility index (Phi) is 4.30. The number of ether oxygens (including phenoxy) is 1. The summed E-state index contributed by atoms with van der Waals surface area (Å²) in [5, 5.41) is 5.89. The van der Waals surface area contributed by atoms with E-state index < -0.39 is 0 Å². The molecule has 0 bridgehead atoms. The van der Waals surface area contributed by atoms with Gasteiger partial charge in [0.2, 0.25) is 0 Å². The molecule has 3 rings (SSSR count). The van der Waals surface area contributed by atoms with Gasteiger partial charge in [-0.25, -0.2) is 9.37 Å². The summed E-state index contributed by atoms with van der Waals surface area (Å²) < 4.78 is 19.2. The summed E-state index contributed by atoms with van der Waals surface area (Å²) in [6, 6.07) is 11.0. The van der Waals surface area contributed by atoms with Crippen molar-refractivity contribution in [1.82, 2.24) is 4.98 Å². The molecule has 0 saturated heterocycles. The third kappa shape index (κ3) is 3.35. The van der Waals surface area contributed by atoms with Crippen LogP contribution in [0, 0.1) is 19.7 Å². The number of rotatable bonds is 4. The number of methoxy groups -OCH3 is 1. The highest BCUT2D eigenvalue weighted by Crippen LogP contribution is 2.31. The summed E-state index contributed by atoms with van der Waals surface area (Å²) in [6.07, 6.45) is 0. The van der Waals surface area contributed by atoms with Crippen LogP contribution in [0.15, 0.2) is 41.8 Å². The van der Waals surface area contributed by atoms with Crippen LogP contribution in [0.25, 0.3) is 11.3 Å². The zero-order chi connectivity index (χ0) is 16.4. The topological polar surface area (TPSA) is 34.1 Å². The average Bonchev–Trinajstić information content (AvgIpc) is 2.99. The number of thiazole rings is 1. The average molecular weight is 328 g/mol. The zero-order valence-corrected chi connectivity index (χ0v) is 14.0. The van der Waals surface area contributed by atoms with E-state index in [0.717, 1.165) is 16.4 Å². The molecule has 0 atom stereocenters. The lowest BCUT2D eigenvalue weighted by Crippen LogP contribution is -1.94. The SMILES string of the molecule is COc1ccc(-c2csc(Nc3cc(C)ccc3C)n2)c(F)c1. The number of hydrogen-bond donors (Lipinski definition) is 1. The van der Waals surface area contributed by atoms with Gasteiger partial charge in [0.1, 0.15) is 11.6 Å². The minimum absolute atomic E-state index is 0.340. The summed E-state index contributed by atoms with van der Waals surface area (Å²) in [7, 11) is 1.52. The van der Waals surface area contributed by atoms with Crippen molar-refractivity contribution in [1.29, 1.82) is 0 Å². The summed E-state index contributed by atoms with van der Waals surface area (Å²) in [6.45, 7) is 4.09. The largest absolute Gasteiger partial charge is 0.497 e. The Morgan fingerprint density at radius 3 is 2.70 bits per heavy atom. The molecule has 23 heavy (non-hydrogen) atoms. The molecule has 1 N–H and O–H groups in total. The lowest BCUT2D eigenvalue weighted by atomic mass is 10.1. The van der Waals surface area contributed by atoms with E-state index in [0.29, 0.717) is 17.0 Å². The van der Waals surface area contributed by atoms with Crippen LogP contribution in [-0.2, 0) is 0 Å². The maximum atomic E-state index is 14.1. The molecule has 0 spiro atoms. The lowest BCUT2D eigenvalue weighted by molar-refractivity contribution is 0.411. The van der Waals surface area contributed by atoms with Gasteiger partial charge in [-0.3, -0.25) is 0 Å². The number of nitrogens with one attached hydrogen (secondary N) is 1. The van der Waals surface area contributed by atoms with E-state index in [1.807, 2.05) is 19.2 Å². The van der Waals surface area contributed by atoms with E-state index in [-0.39, 0.29) is 5.82 Å². The van der Waals surface area contributed by atoms with Gasteiger partial charge in [0.15, 0.2) is 5.13 Å². The first-order valence-electron chi connectivity index (χ1n) is 7.20. The molecular formula is C18H17FN2OS. The van der Waals surface area contributed by atoms with E-state index in [2.05, 4.69) is 28.5 Å². The number of nitrogens with zero attached hydrogens (tertiary/aromatic N) is 1. The molecule has 0 aliphatic rings. The van der Waals surface area contributed by atoms with E-state index in [1.165, 1.54) is 30.1 Å². The molecule has 1 heterocycles. The standard InChI is InChI=1S/C18H17FN2OS/c1-11-4-5-12(2)16(8-11)20-18-21-17(10-23-18)14-7-6-13(22-3)9-15(14)19/h4-10H,1-3H3,(H,20,21). The molecule has 3 nitrogen and oxygen atoms in total. The monoisotopic (exact) mass is 328 g/mol. The summed E-state index contributed by atoms with van der Waals surface area (Å²) >= 11 is 1.45. The van der Waals surface area contributed by atoms with Crippen molar-refractivity contribution in [2.45, 2.75) is 13.8 Å². The third-order valence-corrected chi connectivity index (χ3v) is 4.35. The quantitative estimate of drug-likeness (QED) is 0.704. The van der Waals surface area contributed by atoms with Crippen molar-refractivity contribution < 1.29 is 9.13 Å². The van der Waals surface area contributed by atoms with Crippen LogP contribution in [0.2, 0.25) is 0 Å². The van der Waals surface area contributed by atoms with Gasteiger partial charge >= 0.3 is 0 Å². The Bertz CT molecular complexity index is 845. The van der Waals surface area contributed by atoms with Gasteiger partial charge in [-0.2, -0.15) is 0 Å². The van der Waals surface area contributed by atoms with Crippen molar-refractivity contribution in [2.24, 2.45) is 0 Å². The second-order valence-corrected chi connectivity index (χ2v) is 6.19. The van der Waals surface area contributed by atoms with Crippen molar-refractivity contribution >= 4 is 22.2 Å². The van der Waals surface area contributed by atoms with Crippen LogP contribution in [0.5, 0.6) is 5.75 Å². The molecule has 1 aromatic heterocycles. The predicted molar refractivity (Wildman–Crippen MR) is 93.3 cm³/mol. The van der Waals surface area contributed by atoms with Crippen LogP contribution in [-0.4, -0.2) is 12.1 Å².